The number of guanidine groups is 1. The summed E-state index contributed by atoms with van der Waals surface area (Å²) in [6, 6.07) is 13.9. The number of ether oxygens (including phenoxy) is 1. The third-order valence-electron chi connectivity index (χ3n) is 5.00. The zero-order chi connectivity index (χ0) is 22.4. The van der Waals surface area contributed by atoms with E-state index in [2.05, 4.69) is 10.2 Å². The molecular formula is C23H30FN3O3S. The zero-order valence-corrected chi connectivity index (χ0v) is 19.0. The summed E-state index contributed by atoms with van der Waals surface area (Å²) in [4.78, 5) is 6.96. The maximum absolute atomic E-state index is 13.3. The van der Waals surface area contributed by atoms with E-state index in [1.54, 1.807) is 12.1 Å². The van der Waals surface area contributed by atoms with E-state index < -0.39 is 9.84 Å². The summed E-state index contributed by atoms with van der Waals surface area (Å²) in [6.45, 7) is 6.59. The van der Waals surface area contributed by atoms with Gasteiger partial charge in [-0.1, -0.05) is 36.4 Å². The van der Waals surface area contributed by atoms with Gasteiger partial charge in [0, 0.05) is 19.3 Å². The summed E-state index contributed by atoms with van der Waals surface area (Å²) < 4.78 is 42.3. The Morgan fingerprint density at radius 2 is 1.77 bits per heavy atom. The normalized spacial score (nSPS) is 20.0. The summed E-state index contributed by atoms with van der Waals surface area (Å²) in [5.74, 6) is 0.571. The minimum Gasteiger partial charge on any atom is -0.367 e. The van der Waals surface area contributed by atoms with Gasteiger partial charge in [0.15, 0.2) is 15.8 Å². The first-order valence-corrected chi connectivity index (χ1v) is 12.5. The lowest BCUT2D eigenvalue weighted by atomic mass is 10.1. The van der Waals surface area contributed by atoms with Gasteiger partial charge in [0.1, 0.15) is 11.9 Å². The topological polar surface area (TPSA) is 71.0 Å². The van der Waals surface area contributed by atoms with Crippen LogP contribution in [0.5, 0.6) is 0 Å². The number of rotatable bonds is 6. The van der Waals surface area contributed by atoms with Gasteiger partial charge in [-0.3, -0.25) is 0 Å². The van der Waals surface area contributed by atoms with Crippen LogP contribution in [0.3, 0.4) is 0 Å². The lowest BCUT2D eigenvalue weighted by molar-refractivity contribution is -0.0605. The van der Waals surface area contributed by atoms with Crippen molar-refractivity contribution in [3.63, 3.8) is 0 Å². The molecule has 0 amide bonds. The molecule has 1 N–H and O–H groups in total. The molecule has 2 aromatic rings. The maximum atomic E-state index is 13.3. The van der Waals surface area contributed by atoms with Crippen LogP contribution in [0.15, 0.2) is 53.5 Å². The largest absolute Gasteiger partial charge is 0.367 e. The average molecular weight is 448 g/mol. The van der Waals surface area contributed by atoms with Crippen molar-refractivity contribution in [2.24, 2.45) is 4.99 Å². The third kappa shape index (κ3) is 7.04. The smallest absolute Gasteiger partial charge is 0.194 e. The van der Waals surface area contributed by atoms with Crippen molar-refractivity contribution < 1.29 is 17.5 Å². The molecule has 0 aliphatic carbocycles. The first kappa shape index (κ1) is 23.2. The molecule has 1 fully saturated rings. The molecule has 2 aromatic carbocycles. The molecule has 0 radical (unpaired) electrons. The van der Waals surface area contributed by atoms with Crippen LogP contribution >= 0.6 is 0 Å². The fourth-order valence-electron chi connectivity index (χ4n) is 3.62. The molecular weight excluding hydrogens is 417 g/mol. The van der Waals surface area contributed by atoms with Crippen molar-refractivity contribution in [2.75, 3.05) is 25.9 Å². The summed E-state index contributed by atoms with van der Waals surface area (Å²) >= 11 is 0. The van der Waals surface area contributed by atoms with Gasteiger partial charge in [-0.15, -0.1) is 0 Å². The lowest BCUT2D eigenvalue weighted by Crippen LogP contribution is -2.50. The van der Waals surface area contributed by atoms with Gasteiger partial charge >= 0.3 is 0 Å². The Balaban J connectivity index is 1.72. The second-order valence-electron chi connectivity index (χ2n) is 7.95. The Bertz CT molecular complexity index is 992. The number of aliphatic imine (C=N–C) groups is 1. The molecule has 8 heteroatoms. The molecule has 1 heterocycles. The molecule has 6 nitrogen and oxygen atoms in total. The van der Waals surface area contributed by atoms with E-state index in [-0.39, 0.29) is 23.8 Å². The second kappa shape index (κ2) is 10.2. The van der Waals surface area contributed by atoms with Gasteiger partial charge in [0.25, 0.3) is 0 Å². The number of morpholine rings is 1. The van der Waals surface area contributed by atoms with Crippen molar-refractivity contribution >= 4 is 15.8 Å². The van der Waals surface area contributed by atoms with Gasteiger partial charge in [-0.25, -0.2) is 17.8 Å². The molecule has 0 spiro atoms. The predicted octanol–water partition coefficient (Wildman–Crippen LogP) is 3.30. The monoisotopic (exact) mass is 447 g/mol. The number of benzene rings is 2. The van der Waals surface area contributed by atoms with Gasteiger partial charge in [0.05, 0.1) is 24.9 Å². The van der Waals surface area contributed by atoms with E-state index in [0.717, 1.165) is 29.2 Å². The van der Waals surface area contributed by atoms with Crippen LogP contribution in [0, 0.1) is 5.82 Å². The van der Waals surface area contributed by atoms with Crippen LogP contribution < -0.4 is 5.32 Å². The highest BCUT2D eigenvalue weighted by atomic mass is 32.2. The molecule has 168 valence electrons. The molecule has 1 aliphatic heterocycles. The Kier molecular flexibility index (Phi) is 7.67. The molecule has 2 unspecified atom stereocenters. The van der Waals surface area contributed by atoms with Gasteiger partial charge < -0.3 is 15.0 Å². The number of nitrogens with zero attached hydrogens (tertiary/aromatic N) is 2. The second-order valence-corrected chi connectivity index (χ2v) is 10.1. The van der Waals surface area contributed by atoms with Crippen LogP contribution in [0.1, 0.15) is 36.6 Å². The van der Waals surface area contributed by atoms with E-state index >= 15 is 0 Å². The standard InChI is InChI=1S/C23H30FN3O3S/c1-4-25-23(26-13-18-5-7-19(8-6-18)16-31(3,28)29)27-14-17(2)30-22(15-27)20-9-11-21(24)12-10-20/h5-12,17,22H,4,13-16H2,1-3H3,(H,25,26). The highest BCUT2D eigenvalue weighted by molar-refractivity contribution is 7.89. The maximum Gasteiger partial charge on any atom is 0.194 e. The van der Waals surface area contributed by atoms with Crippen molar-refractivity contribution in [3.8, 4) is 0 Å². The van der Waals surface area contributed by atoms with Crippen molar-refractivity contribution in [1.82, 2.24) is 10.2 Å². The fourth-order valence-corrected chi connectivity index (χ4v) is 4.42. The zero-order valence-electron chi connectivity index (χ0n) is 18.2. The molecule has 1 saturated heterocycles. The van der Waals surface area contributed by atoms with E-state index in [4.69, 9.17) is 9.73 Å². The van der Waals surface area contributed by atoms with E-state index in [9.17, 15) is 12.8 Å². The number of nitrogens with one attached hydrogen (secondary N) is 1. The van der Waals surface area contributed by atoms with Crippen molar-refractivity contribution in [3.05, 3.63) is 71.0 Å². The number of sulfone groups is 1. The third-order valence-corrected chi connectivity index (χ3v) is 5.86. The van der Waals surface area contributed by atoms with Crippen LogP contribution in [-0.4, -0.2) is 51.3 Å². The van der Waals surface area contributed by atoms with Gasteiger partial charge in [-0.05, 0) is 42.7 Å². The molecule has 31 heavy (non-hydrogen) atoms. The molecule has 2 atom stereocenters. The number of hydrogen-bond acceptors (Lipinski definition) is 4. The highest BCUT2D eigenvalue weighted by Gasteiger charge is 2.28. The highest BCUT2D eigenvalue weighted by Crippen LogP contribution is 2.25. The quantitative estimate of drug-likeness (QED) is 0.544. The van der Waals surface area contributed by atoms with Gasteiger partial charge in [0.2, 0.25) is 0 Å². The minimum absolute atomic E-state index is 0.00272. The van der Waals surface area contributed by atoms with Crippen LogP contribution in [0.25, 0.3) is 0 Å². The SMILES string of the molecule is CCNC(=NCc1ccc(CS(C)(=O)=O)cc1)N1CC(C)OC(c2ccc(F)cc2)C1. The Labute approximate surface area is 184 Å². The van der Waals surface area contributed by atoms with Crippen LogP contribution in [0.4, 0.5) is 4.39 Å². The Hall–Kier alpha value is -2.45. The molecule has 0 aromatic heterocycles. The summed E-state index contributed by atoms with van der Waals surface area (Å²) in [5.41, 5.74) is 2.71. The predicted molar refractivity (Wildman–Crippen MR) is 121 cm³/mol. The van der Waals surface area contributed by atoms with Crippen molar-refractivity contribution in [1.29, 1.82) is 0 Å². The Morgan fingerprint density at radius 1 is 1.13 bits per heavy atom. The first-order valence-electron chi connectivity index (χ1n) is 10.4. The first-order chi connectivity index (χ1) is 14.7. The average Bonchev–Trinajstić information content (AvgIpc) is 2.71. The van der Waals surface area contributed by atoms with Gasteiger partial charge in [-0.2, -0.15) is 0 Å². The fraction of sp³-hybridized carbons (Fsp3) is 0.435. The van der Waals surface area contributed by atoms with E-state index in [1.165, 1.54) is 18.4 Å². The summed E-state index contributed by atoms with van der Waals surface area (Å²) in [6.07, 6.45) is 1.07. The lowest BCUT2D eigenvalue weighted by Gasteiger charge is -2.38. The molecule has 0 bridgehead atoms. The van der Waals surface area contributed by atoms with Crippen molar-refractivity contribution in [2.45, 2.75) is 38.4 Å². The van der Waals surface area contributed by atoms with E-state index in [1.807, 2.05) is 38.1 Å². The number of hydrogen-bond donors (Lipinski definition) is 1. The molecule has 0 saturated carbocycles. The minimum atomic E-state index is -3.05. The summed E-state index contributed by atoms with van der Waals surface area (Å²) in [7, 11) is -3.05. The Morgan fingerprint density at radius 3 is 2.39 bits per heavy atom. The molecule has 1 aliphatic rings. The summed E-state index contributed by atoms with van der Waals surface area (Å²) in [5, 5.41) is 3.35. The number of halogens is 1. The van der Waals surface area contributed by atoms with Crippen LogP contribution in [0.2, 0.25) is 0 Å². The van der Waals surface area contributed by atoms with Crippen LogP contribution in [-0.2, 0) is 26.9 Å². The van der Waals surface area contributed by atoms with E-state index in [0.29, 0.717) is 19.6 Å². The molecule has 3 rings (SSSR count).